The molecule has 0 aliphatic rings. The number of benzene rings is 1. The first kappa shape index (κ1) is 16.7. The number of amides is 2. The quantitative estimate of drug-likeness (QED) is 0.453. The second-order valence-corrected chi connectivity index (χ2v) is 4.66. The third-order valence-corrected chi connectivity index (χ3v) is 2.38. The molecule has 0 spiro atoms. The van der Waals surface area contributed by atoms with E-state index in [9.17, 15) is 9.59 Å². The van der Waals surface area contributed by atoms with E-state index in [1.807, 2.05) is 45.0 Å². The van der Waals surface area contributed by atoms with E-state index in [1.165, 1.54) is 6.21 Å². The molecular formula is C15H21N3O3. The Kier molecular flexibility index (Phi) is 6.94. The standard InChI is InChI=1S/C15H21N3O3/c1-4-21-13-8-6-5-7-12(13)10-16-18-15(20)9-14(19)17-11(2)3/h5-8,10-11H,4,9H2,1-3H3,(H,17,19)(H,18,20)/b16-10-. The lowest BCUT2D eigenvalue weighted by Crippen LogP contribution is -2.34. The maximum Gasteiger partial charge on any atom is 0.249 e. The third kappa shape index (κ3) is 6.56. The number of hydrogen-bond donors (Lipinski definition) is 2. The predicted molar refractivity (Wildman–Crippen MR) is 81.2 cm³/mol. The SMILES string of the molecule is CCOc1ccccc1/C=N\NC(=O)CC(=O)NC(C)C. The van der Waals surface area contributed by atoms with E-state index in [0.29, 0.717) is 12.4 Å². The lowest BCUT2D eigenvalue weighted by Gasteiger charge is -2.07. The van der Waals surface area contributed by atoms with Gasteiger partial charge in [0.2, 0.25) is 11.8 Å². The molecule has 0 saturated heterocycles. The minimum atomic E-state index is -0.460. The van der Waals surface area contributed by atoms with Gasteiger partial charge in [-0.3, -0.25) is 9.59 Å². The average Bonchev–Trinajstić information content (AvgIpc) is 2.40. The van der Waals surface area contributed by atoms with E-state index in [-0.39, 0.29) is 18.4 Å². The molecule has 1 aromatic rings. The molecule has 0 unspecified atom stereocenters. The molecule has 6 heteroatoms. The molecule has 0 fully saturated rings. The highest BCUT2D eigenvalue weighted by atomic mass is 16.5. The van der Waals surface area contributed by atoms with Crippen molar-refractivity contribution in [3.8, 4) is 5.75 Å². The molecule has 0 saturated carbocycles. The van der Waals surface area contributed by atoms with E-state index in [0.717, 1.165) is 5.56 Å². The van der Waals surface area contributed by atoms with Gasteiger partial charge in [-0.1, -0.05) is 12.1 Å². The lowest BCUT2D eigenvalue weighted by molar-refractivity contribution is -0.129. The van der Waals surface area contributed by atoms with E-state index in [1.54, 1.807) is 0 Å². The van der Waals surface area contributed by atoms with Crippen molar-refractivity contribution in [1.29, 1.82) is 0 Å². The van der Waals surface area contributed by atoms with Gasteiger partial charge in [0.05, 0.1) is 12.8 Å². The van der Waals surface area contributed by atoms with Gasteiger partial charge in [0.25, 0.3) is 0 Å². The van der Waals surface area contributed by atoms with Crippen molar-refractivity contribution < 1.29 is 14.3 Å². The fraction of sp³-hybridized carbons (Fsp3) is 0.400. The largest absolute Gasteiger partial charge is 0.493 e. The summed E-state index contributed by atoms with van der Waals surface area (Å²) in [7, 11) is 0. The molecule has 0 aromatic heterocycles. The molecule has 1 rings (SSSR count). The molecular weight excluding hydrogens is 270 g/mol. The van der Waals surface area contributed by atoms with Crippen molar-refractivity contribution in [2.24, 2.45) is 5.10 Å². The molecule has 0 atom stereocenters. The Morgan fingerprint density at radius 1 is 1.29 bits per heavy atom. The fourth-order valence-electron chi connectivity index (χ4n) is 1.61. The summed E-state index contributed by atoms with van der Waals surface area (Å²) < 4.78 is 5.43. The Labute approximate surface area is 124 Å². The summed E-state index contributed by atoms with van der Waals surface area (Å²) in [6, 6.07) is 7.36. The predicted octanol–water partition coefficient (Wildman–Crippen LogP) is 1.45. The summed E-state index contributed by atoms with van der Waals surface area (Å²) in [5.41, 5.74) is 3.07. The van der Waals surface area contributed by atoms with Crippen molar-refractivity contribution in [3.63, 3.8) is 0 Å². The number of ether oxygens (including phenoxy) is 1. The smallest absolute Gasteiger partial charge is 0.249 e. The number of nitrogens with one attached hydrogen (secondary N) is 2. The number of carbonyl (C=O) groups is 2. The van der Waals surface area contributed by atoms with Gasteiger partial charge >= 0.3 is 0 Å². The van der Waals surface area contributed by atoms with Crippen LogP contribution in [0.5, 0.6) is 5.75 Å². The average molecular weight is 291 g/mol. The number of carbonyl (C=O) groups excluding carboxylic acids is 2. The summed E-state index contributed by atoms with van der Waals surface area (Å²) >= 11 is 0. The zero-order valence-corrected chi connectivity index (χ0v) is 12.6. The van der Waals surface area contributed by atoms with Crippen molar-refractivity contribution in [2.75, 3.05) is 6.61 Å². The topological polar surface area (TPSA) is 79.8 Å². The van der Waals surface area contributed by atoms with Crippen LogP contribution in [0, 0.1) is 0 Å². The monoisotopic (exact) mass is 291 g/mol. The molecule has 0 aliphatic heterocycles. The van der Waals surface area contributed by atoms with E-state index in [2.05, 4.69) is 15.8 Å². The molecule has 114 valence electrons. The Bertz CT molecular complexity index is 513. The minimum Gasteiger partial charge on any atom is -0.493 e. The van der Waals surface area contributed by atoms with Crippen molar-refractivity contribution in [2.45, 2.75) is 33.2 Å². The normalized spacial score (nSPS) is 10.7. The Morgan fingerprint density at radius 2 is 2.00 bits per heavy atom. The van der Waals surface area contributed by atoms with Crippen LogP contribution in [0.3, 0.4) is 0 Å². The van der Waals surface area contributed by atoms with E-state index < -0.39 is 5.91 Å². The highest BCUT2D eigenvalue weighted by Crippen LogP contribution is 2.15. The van der Waals surface area contributed by atoms with Crippen LogP contribution in [0.1, 0.15) is 32.8 Å². The zero-order chi connectivity index (χ0) is 15.7. The van der Waals surface area contributed by atoms with Crippen LogP contribution in [0.2, 0.25) is 0 Å². The molecule has 2 amide bonds. The molecule has 1 aromatic carbocycles. The molecule has 0 aliphatic carbocycles. The number of hydrazone groups is 1. The van der Waals surface area contributed by atoms with Gasteiger partial charge < -0.3 is 10.1 Å². The van der Waals surface area contributed by atoms with Crippen molar-refractivity contribution in [3.05, 3.63) is 29.8 Å². The first-order chi connectivity index (χ1) is 10.0. The van der Waals surface area contributed by atoms with Gasteiger partial charge in [0, 0.05) is 11.6 Å². The first-order valence-corrected chi connectivity index (χ1v) is 6.86. The number of nitrogens with zero attached hydrogens (tertiary/aromatic N) is 1. The van der Waals surface area contributed by atoms with Crippen molar-refractivity contribution in [1.82, 2.24) is 10.7 Å². The number of hydrogen-bond acceptors (Lipinski definition) is 4. The van der Waals surface area contributed by atoms with Crippen LogP contribution in [0.25, 0.3) is 0 Å². The molecule has 21 heavy (non-hydrogen) atoms. The van der Waals surface area contributed by atoms with Crippen LogP contribution in [0.4, 0.5) is 0 Å². The second-order valence-electron chi connectivity index (χ2n) is 4.66. The molecule has 0 bridgehead atoms. The van der Waals surface area contributed by atoms with Gasteiger partial charge in [0.15, 0.2) is 0 Å². The third-order valence-electron chi connectivity index (χ3n) is 2.38. The zero-order valence-electron chi connectivity index (χ0n) is 12.6. The van der Waals surface area contributed by atoms with Crippen LogP contribution in [-0.4, -0.2) is 30.7 Å². The molecule has 6 nitrogen and oxygen atoms in total. The maximum absolute atomic E-state index is 11.5. The highest BCUT2D eigenvalue weighted by molar-refractivity contribution is 5.97. The first-order valence-electron chi connectivity index (χ1n) is 6.86. The highest BCUT2D eigenvalue weighted by Gasteiger charge is 2.09. The summed E-state index contributed by atoms with van der Waals surface area (Å²) in [5, 5.41) is 6.47. The Hall–Kier alpha value is -2.37. The van der Waals surface area contributed by atoms with Crippen LogP contribution < -0.4 is 15.5 Å². The Balaban J connectivity index is 2.51. The van der Waals surface area contributed by atoms with Crippen LogP contribution in [0.15, 0.2) is 29.4 Å². The lowest BCUT2D eigenvalue weighted by atomic mass is 10.2. The molecule has 2 N–H and O–H groups in total. The number of para-hydroxylation sites is 1. The van der Waals surface area contributed by atoms with Crippen LogP contribution >= 0.6 is 0 Å². The van der Waals surface area contributed by atoms with Crippen molar-refractivity contribution >= 4 is 18.0 Å². The van der Waals surface area contributed by atoms with Gasteiger partial charge in [-0.2, -0.15) is 5.10 Å². The van der Waals surface area contributed by atoms with Crippen LogP contribution in [-0.2, 0) is 9.59 Å². The molecule has 0 radical (unpaired) electrons. The summed E-state index contributed by atoms with van der Waals surface area (Å²) in [4.78, 5) is 22.9. The van der Waals surface area contributed by atoms with Gasteiger partial charge in [-0.15, -0.1) is 0 Å². The van der Waals surface area contributed by atoms with Gasteiger partial charge in [-0.05, 0) is 32.9 Å². The van der Waals surface area contributed by atoms with E-state index in [4.69, 9.17) is 4.74 Å². The second kappa shape index (κ2) is 8.73. The Morgan fingerprint density at radius 3 is 2.67 bits per heavy atom. The van der Waals surface area contributed by atoms with Gasteiger partial charge in [-0.25, -0.2) is 5.43 Å². The summed E-state index contributed by atoms with van der Waals surface area (Å²) in [5.74, 6) is -0.0961. The number of rotatable bonds is 7. The van der Waals surface area contributed by atoms with Gasteiger partial charge in [0.1, 0.15) is 12.2 Å². The van der Waals surface area contributed by atoms with E-state index >= 15 is 0 Å². The summed E-state index contributed by atoms with van der Waals surface area (Å²) in [6.07, 6.45) is 1.24. The summed E-state index contributed by atoms with van der Waals surface area (Å²) in [6.45, 7) is 6.10. The fourth-order valence-corrected chi connectivity index (χ4v) is 1.61. The minimum absolute atomic E-state index is 0.00636. The maximum atomic E-state index is 11.5. The molecule has 0 heterocycles.